The van der Waals surface area contributed by atoms with Gasteiger partial charge in [0.1, 0.15) is 0 Å². The monoisotopic (exact) mass is 280 g/mol. The van der Waals surface area contributed by atoms with Crippen molar-refractivity contribution in [1.82, 2.24) is 9.80 Å². The minimum absolute atomic E-state index is 0.290. The van der Waals surface area contributed by atoms with Crippen LogP contribution in [-0.4, -0.2) is 54.4 Å². The van der Waals surface area contributed by atoms with Gasteiger partial charge in [-0.2, -0.15) is 0 Å². The van der Waals surface area contributed by atoms with Gasteiger partial charge in [0.15, 0.2) is 5.96 Å². The maximum absolute atomic E-state index is 11.6. The van der Waals surface area contributed by atoms with Crippen LogP contribution < -0.4 is 5.73 Å². The number of likely N-dealkylation sites (tertiary alicyclic amines) is 2. The highest BCUT2D eigenvalue weighted by Gasteiger charge is 2.22. The molecule has 2 N–H and O–H groups in total. The summed E-state index contributed by atoms with van der Waals surface area (Å²) in [5, 5.41) is 0. The molecule has 0 saturated carbocycles. The Morgan fingerprint density at radius 3 is 2.90 bits per heavy atom. The van der Waals surface area contributed by atoms with E-state index in [1.807, 2.05) is 4.90 Å². The van der Waals surface area contributed by atoms with E-state index in [1.165, 1.54) is 12.8 Å². The normalized spacial score (nSPS) is 26.2. The van der Waals surface area contributed by atoms with Gasteiger partial charge in [0.2, 0.25) is 5.91 Å². The number of amides is 1. The number of piperidine rings is 1. The van der Waals surface area contributed by atoms with E-state index in [4.69, 9.17) is 5.73 Å². The lowest BCUT2D eigenvalue weighted by Gasteiger charge is -2.31. The third kappa shape index (κ3) is 4.12. The number of hydrogen-bond donors (Lipinski definition) is 1. The third-order valence-corrected chi connectivity index (χ3v) is 4.25. The van der Waals surface area contributed by atoms with Gasteiger partial charge < -0.3 is 15.5 Å². The highest BCUT2D eigenvalue weighted by molar-refractivity contribution is 5.78. The van der Waals surface area contributed by atoms with E-state index < -0.39 is 0 Å². The Balaban J connectivity index is 1.77. The lowest BCUT2D eigenvalue weighted by Crippen LogP contribution is -2.43. The fraction of sp³-hybridized carbons (Fsp3) is 0.867. The van der Waals surface area contributed by atoms with Crippen molar-refractivity contribution in [3.63, 3.8) is 0 Å². The zero-order chi connectivity index (χ0) is 14.5. The second-order valence-electron chi connectivity index (χ2n) is 6.44. The summed E-state index contributed by atoms with van der Waals surface area (Å²) in [6, 6.07) is 0. The van der Waals surface area contributed by atoms with E-state index in [2.05, 4.69) is 23.7 Å². The lowest BCUT2D eigenvalue weighted by atomic mass is 10.0. The minimum Gasteiger partial charge on any atom is -0.370 e. The summed E-state index contributed by atoms with van der Waals surface area (Å²) in [7, 11) is 0. The lowest BCUT2D eigenvalue weighted by molar-refractivity contribution is -0.128. The van der Waals surface area contributed by atoms with Gasteiger partial charge in [-0.1, -0.05) is 13.8 Å². The molecule has 114 valence electrons. The molecule has 2 aliphatic rings. The Morgan fingerprint density at radius 2 is 2.25 bits per heavy atom. The van der Waals surface area contributed by atoms with E-state index >= 15 is 0 Å². The summed E-state index contributed by atoms with van der Waals surface area (Å²) >= 11 is 0. The molecule has 0 aromatic carbocycles. The molecule has 1 amide bonds. The van der Waals surface area contributed by atoms with Crippen molar-refractivity contribution in [2.45, 2.75) is 39.5 Å². The summed E-state index contributed by atoms with van der Waals surface area (Å²) in [6.45, 7) is 8.88. The van der Waals surface area contributed by atoms with Gasteiger partial charge in [-0.25, -0.2) is 0 Å². The topological polar surface area (TPSA) is 61.9 Å². The van der Waals surface area contributed by atoms with Crippen LogP contribution in [-0.2, 0) is 4.79 Å². The Labute approximate surface area is 122 Å². The van der Waals surface area contributed by atoms with Gasteiger partial charge in [-0.15, -0.1) is 0 Å². The largest absolute Gasteiger partial charge is 0.370 e. The molecule has 2 atom stereocenters. The predicted molar refractivity (Wildman–Crippen MR) is 81.4 cm³/mol. The molecular formula is C15H28N4O. The molecule has 2 fully saturated rings. The van der Waals surface area contributed by atoms with E-state index in [0.29, 0.717) is 36.7 Å². The number of nitrogens with two attached hydrogens (primary N) is 1. The third-order valence-electron chi connectivity index (χ3n) is 4.25. The molecule has 2 heterocycles. The van der Waals surface area contributed by atoms with Crippen LogP contribution in [0.1, 0.15) is 39.5 Å². The first-order valence-corrected chi connectivity index (χ1v) is 7.89. The number of carbonyl (C=O) groups is 1. The SMILES string of the molecule is C[C@@H]1CCCN(C(N)=NC[C@H](C)CN2CCCC2=O)C1. The molecule has 0 bridgehead atoms. The number of nitrogens with zero attached hydrogens (tertiary/aromatic N) is 3. The van der Waals surface area contributed by atoms with Gasteiger partial charge >= 0.3 is 0 Å². The van der Waals surface area contributed by atoms with Crippen molar-refractivity contribution >= 4 is 11.9 Å². The smallest absolute Gasteiger partial charge is 0.222 e. The summed E-state index contributed by atoms with van der Waals surface area (Å²) < 4.78 is 0. The maximum atomic E-state index is 11.6. The second-order valence-corrected chi connectivity index (χ2v) is 6.44. The first-order valence-electron chi connectivity index (χ1n) is 7.89. The summed E-state index contributed by atoms with van der Waals surface area (Å²) in [5.41, 5.74) is 6.09. The summed E-state index contributed by atoms with van der Waals surface area (Å²) in [6.07, 6.45) is 4.21. The molecule has 20 heavy (non-hydrogen) atoms. The number of hydrogen-bond acceptors (Lipinski definition) is 2. The van der Waals surface area contributed by atoms with Crippen LogP contribution in [0.3, 0.4) is 0 Å². The molecule has 2 saturated heterocycles. The molecule has 0 spiro atoms. The Hall–Kier alpha value is -1.26. The van der Waals surface area contributed by atoms with E-state index in [-0.39, 0.29) is 0 Å². The average molecular weight is 280 g/mol. The number of carbonyl (C=O) groups excluding carboxylic acids is 1. The van der Waals surface area contributed by atoms with Crippen LogP contribution in [0.25, 0.3) is 0 Å². The van der Waals surface area contributed by atoms with Gasteiger partial charge in [0, 0.05) is 39.1 Å². The van der Waals surface area contributed by atoms with E-state index in [1.54, 1.807) is 0 Å². The van der Waals surface area contributed by atoms with Crippen LogP contribution in [0, 0.1) is 11.8 Å². The standard InChI is InChI=1S/C15H28N4O/c1-12-5-3-8-19(10-12)15(16)17-9-13(2)11-18-7-4-6-14(18)20/h12-13H,3-11H2,1-2H3,(H2,16,17)/t12-,13+/m1/s1. The van der Waals surface area contributed by atoms with Crippen molar-refractivity contribution in [3.05, 3.63) is 0 Å². The molecule has 5 heteroatoms. The molecule has 0 radical (unpaired) electrons. The second kappa shape index (κ2) is 6.95. The Morgan fingerprint density at radius 1 is 1.45 bits per heavy atom. The molecule has 5 nitrogen and oxygen atoms in total. The first-order chi connectivity index (χ1) is 9.56. The van der Waals surface area contributed by atoms with Crippen molar-refractivity contribution in [2.24, 2.45) is 22.6 Å². The van der Waals surface area contributed by atoms with Crippen molar-refractivity contribution in [3.8, 4) is 0 Å². The summed E-state index contributed by atoms with van der Waals surface area (Å²) in [5.74, 6) is 2.05. The van der Waals surface area contributed by atoms with Crippen LogP contribution in [0.5, 0.6) is 0 Å². The van der Waals surface area contributed by atoms with Crippen molar-refractivity contribution < 1.29 is 4.79 Å². The molecule has 0 aromatic rings. The zero-order valence-corrected chi connectivity index (χ0v) is 12.8. The van der Waals surface area contributed by atoms with Crippen molar-refractivity contribution in [2.75, 3.05) is 32.7 Å². The maximum Gasteiger partial charge on any atom is 0.222 e. The molecule has 0 unspecified atom stereocenters. The molecule has 2 rings (SSSR count). The van der Waals surface area contributed by atoms with Crippen LogP contribution in [0.4, 0.5) is 0 Å². The van der Waals surface area contributed by atoms with E-state index in [0.717, 1.165) is 32.6 Å². The van der Waals surface area contributed by atoms with Crippen LogP contribution >= 0.6 is 0 Å². The number of aliphatic imine (C=N–C) groups is 1. The van der Waals surface area contributed by atoms with Gasteiger partial charge in [-0.3, -0.25) is 9.79 Å². The Kier molecular flexibility index (Phi) is 5.26. The highest BCUT2D eigenvalue weighted by Crippen LogP contribution is 2.15. The molecular weight excluding hydrogens is 252 g/mol. The molecule has 2 aliphatic heterocycles. The highest BCUT2D eigenvalue weighted by atomic mass is 16.2. The number of rotatable bonds is 4. The quantitative estimate of drug-likeness (QED) is 0.623. The predicted octanol–water partition coefficient (Wildman–Crippen LogP) is 1.29. The van der Waals surface area contributed by atoms with Gasteiger partial charge in [0.05, 0.1) is 0 Å². The minimum atomic E-state index is 0.290. The molecule has 0 aromatic heterocycles. The zero-order valence-electron chi connectivity index (χ0n) is 12.8. The van der Waals surface area contributed by atoms with E-state index in [9.17, 15) is 4.79 Å². The van der Waals surface area contributed by atoms with Crippen LogP contribution in [0.15, 0.2) is 4.99 Å². The molecule has 0 aliphatic carbocycles. The Bertz CT molecular complexity index is 369. The number of guanidine groups is 1. The van der Waals surface area contributed by atoms with Gasteiger partial charge in [-0.05, 0) is 31.1 Å². The summed E-state index contributed by atoms with van der Waals surface area (Å²) in [4.78, 5) is 20.3. The van der Waals surface area contributed by atoms with Gasteiger partial charge in [0.25, 0.3) is 0 Å². The van der Waals surface area contributed by atoms with Crippen LogP contribution in [0.2, 0.25) is 0 Å². The first kappa shape index (κ1) is 15.1. The fourth-order valence-electron chi connectivity index (χ4n) is 3.08. The average Bonchev–Trinajstić information content (AvgIpc) is 2.81. The fourth-order valence-corrected chi connectivity index (χ4v) is 3.08. The van der Waals surface area contributed by atoms with Crippen molar-refractivity contribution in [1.29, 1.82) is 0 Å².